The van der Waals surface area contributed by atoms with Crippen molar-refractivity contribution in [2.45, 2.75) is 4.90 Å². The van der Waals surface area contributed by atoms with Crippen molar-refractivity contribution in [1.29, 1.82) is 0 Å². The summed E-state index contributed by atoms with van der Waals surface area (Å²) in [7, 11) is -2.51. The van der Waals surface area contributed by atoms with Crippen LogP contribution in [0.4, 0.5) is 4.39 Å². The molecule has 0 aliphatic carbocycles. The summed E-state index contributed by atoms with van der Waals surface area (Å²) in [4.78, 5) is 11.9. The van der Waals surface area contributed by atoms with Gasteiger partial charge in [-0.15, -0.1) is 0 Å². The Labute approximate surface area is 149 Å². The normalized spacial score (nSPS) is 15.7. The van der Waals surface area contributed by atoms with E-state index in [9.17, 15) is 17.6 Å². The Morgan fingerprint density at radius 1 is 1.12 bits per heavy atom. The standard InChI is InChI=1S/C18H14FNO5S/c1-24-16-7-4-12(10-15(16)19)17(14-8-9-25-18(14)21)11-2-5-13(6-3-11)26(20,22)23/h2-10H,1H3,(H2,20,22,23). The van der Waals surface area contributed by atoms with Gasteiger partial charge < -0.3 is 9.47 Å². The molecular weight excluding hydrogens is 361 g/mol. The Hall–Kier alpha value is -2.97. The van der Waals surface area contributed by atoms with E-state index in [1.54, 1.807) is 6.07 Å². The molecule has 0 amide bonds. The van der Waals surface area contributed by atoms with Crippen molar-refractivity contribution in [2.24, 2.45) is 5.14 Å². The van der Waals surface area contributed by atoms with Crippen LogP contribution in [0.15, 0.2) is 65.3 Å². The van der Waals surface area contributed by atoms with E-state index in [0.717, 1.165) is 0 Å². The summed E-state index contributed by atoms with van der Waals surface area (Å²) >= 11 is 0. The maximum atomic E-state index is 14.2. The second-order valence-electron chi connectivity index (χ2n) is 5.42. The molecule has 2 aromatic carbocycles. The van der Waals surface area contributed by atoms with E-state index in [4.69, 9.17) is 14.6 Å². The quantitative estimate of drug-likeness (QED) is 0.654. The van der Waals surface area contributed by atoms with Gasteiger partial charge >= 0.3 is 5.97 Å². The van der Waals surface area contributed by atoms with Crippen molar-refractivity contribution < 1.29 is 27.1 Å². The highest BCUT2D eigenvalue weighted by Gasteiger charge is 2.22. The first-order chi connectivity index (χ1) is 12.3. The first-order valence-corrected chi connectivity index (χ1v) is 8.95. The molecule has 0 atom stereocenters. The summed E-state index contributed by atoms with van der Waals surface area (Å²) in [6.45, 7) is 0. The number of hydrogen-bond donors (Lipinski definition) is 1. The molecule has 26 heavy (non-hydrogen) atoms. The summed E-state index contributed by atoms with van der Waals surface area (Å²) in [6, 6.07) is 9.87. The maximum absolute atomic E-state index is 14.2. The van der Waals surface area contributed by atoms with Crippen molar-refractivity contribution in [2.75, 3.05) is 7.11 Å². The van der Waals surface area contributed by atoms with E-state index in [1.807, 2.05) is 0 Å². The van der Waals surface area contributed by atoms with Crippen LogP contribution >= 0.6 is 0 Å². The molecule has 0 saturated heterocycles. The minimum absolute atomic E-state index is 0.0622. The average molecular weight is 375 g/mol. The fourth-order valence-corrected chi connectivity index (χ4v) is 3.11. The number of rotatable bonds is 4. The van der Waals surface area contributed by atoms with Gasteiger partial charge in [0.2, 0.25) is 10.0 Å². The van der Waals surface area contributed by atoms with Crippen LogP contribution in [0, 0.1) is 5.82 Å². The minimum atomic E-state index is -3.85. The molecule has 6 nitrogen and oxygen atoms in total. The molecule has 3 rings (SSSR count). The molecule has 0 spiro atoms. The number of carbonyl (C=O) groups is 1. The third-order valence-electron chi connectivity index (χ3n) is 3.81. The summed E-state index contributed by atoms with van der Waals surface area (Å²) < 4.78 is 46.7. The molecule has 2 N–H and O–H groups in total. The Kier molecular flexibility index (Phi) is 4.62. The molecule has 8 heteroatoms. The third-order valence-corrected chi connectivity index (χ3v) is 4.74. The molecule has 1 aliphatic heterocycles. The van der Waals surface area contributed by atoms with E-state index in [1.165, 1.54) is 55.8 Å². The molecule has 2 aromatic rings. The largest absolute Gasteiger partial charge is 0.494 e. The Balaban J connectivity index is 2.19. The average Bonchev–Trinajstić information content (AvgIpc) is 3.01. The molecule has 0 radical (unpaired) electrons. The molecule has 1 heterocycles. The number of nitrogens with two attached hydrogens (primary N) is 1. The molecule has 0 aromatic heterocycles. The zero-order valence-corrected chi connectivity index (χ0v) is 14.4. The molecule has 0 saturated carbocycles. The van der Waals surface area contributed by atoms with Crippen LogP contribution in [0.2, 0.25) is 0 Å². The number of esters is 1. The Bertz CT molecular complexity index is 1040. The Morgan fingerprint density at radius 2 is 1.77 bits per heavy atom. The smallest absolute Gasteiger partial charge is 0.343 e. The van der Waals surface area contributed by atoms with E-state index in [0.29, 0.717) is 16.7 Å². The first-order valence-electron chi connectivity index (χ1n) is 7.40. The van der Waals surface area contributed by atoms with Gasteiger partial charge in [0.1, 0.15) is 0 Å². The molecule has 0 fully saturated rings. The molecule has 1 aliphatic rings. The topological polar surface area (TPSA) is 95.7 Å². The van der Waals surface area contributed by atoms with Gasteiger partial charge in [0.05, 0.1) is 23.8 Å². The fraction of sp³-hybridized carbons (Fsp3) is 0.0556. The number of carbonyl (C=O) groups excluding carboxylic acids is 1. The van der Waals surface area contributed by atoms with Crippen LogP contribution in [-0.2, 0) is 19.6 Å². The second kappa shape index (κ2) is 6.74. The number of sulfonamides is 1. The van der Waals surface area contributed by atoms with Crippen molar-refractivity contribution in [1.82, 2.24) is 0 Å². The van der Waals surface area contributed by atoms with E-state index in [-0.39, 0.29) is 16.2 Å². The second-order valence-corrected chi connectivity index (χ2v) is 6.98. The summed E-state index contributed by atoms with van der Waals surface area (Å²) in [5, 5.41) is 5.10. The van der Waals surface area contributed by atoms with Crippen molar-refractivity contribution in [3.8, 4) is 5.75 Å². The summed E-state index contributed by atoms with van der Waals surface area (Å²) in [5.74, 6) is -1.13. The first kappa shape index (κ1) is 17.8. The molecular formula is C18H14FNO5S. The number of ether oxygens (including phenoxy) is 2. The lowest BCUT2D eigenvalue weighted by Crippen LogP contribution is -2.12. The zero-order valence-electron chi connectivity index (χ0n) is 13.6. The van der Waals surface area contributed by atoms with Gasteiger partial charge in [-0.1, -0.05) is 18.2 Å². The van der Waals surface area contributed by atoms with Crippen molar-refractivity contribution in [3.63, 3.8) is 0 Å². The number of methoxy groups -OCH3 is 1. The monoisotopic (exact) mass is 375 g/mol. The Morgan fingerprint density at radius 3 is 2.27 bits per heavy atom. The van der Waals surface area contributed by atoms with Crippen LogP contribution in [0.1, 0.15) is 11.1 Å². The van der Waals surface area contributed by atoms with Gasteiger partial charge in [-0.3, -0.25) is 0 Å². The van der Waals surface area contributed by atoms with Crippen LogP contribution in [0.3, 0.4) is 0 Å². The zero-order chi connectivity index (χ0) is 18.9. The number of cyclic esters (lactones) is 1. The van der Waals surface area contributed by atoms with Gasteiger partial charge in [-0.2, -0.15) is 0 Å². The van der Waals surface area contributed by atoms with Crippen LogP contribution in [0.25, 0.3) is 5.57 Å². The van der Waals surface area contributed by atoms with Crippen molar-refractivity contribution >= 4 is 21.6 Å². The lowest BCUT2D eigenvalue weighted by Gasteiger charge is -2.12. The van der Waals surface area contributed by atoms with Gasteiger partial charge in [0.15, 0.2) is 11.6 Å². The molecule has 0 bridgehead atoms. The minimum Gasteiger partial charge on any atom is -0.494 e. The number of benzene rings is 2. The predicted molar refractivity (Wildman–Crippen MR) is 92.0 cm³/mol. The van der Waals surface area contributed by atoms with Crippen molar-refractivity contribution in [3.05, 3.63) is 77.3 Å². The van der Waals surface area contributed by atoms with E-state index in [2.05, 4.69) is 0 Å². The summed E-state index contributed by atoms with van der Waals surface area (Å²) in [5.41, 5.74) is 1.52. The SMILES string of the molecule is COc1ccc(C(=C2C=COC2=O)c2ccc(S(N)(=O)=O)cc2)cc1F. The van der Waals surface area contributed by atoms with Crippen LogP contribution < -0.4 is 9.88 Å². The third kappa shape index (κ3) is 3.37. The molecule has 0 unspecified atom stereocenters. The fourth-order valence-electron chi connectivity index (χ4n) is 2.59. The summed E-state index contributed by atoms with van der Waals surface area (Å²) in [6.07, 6.45) is 2.70. The predicted octanol–water partition coefficient (Wildman–Crippen LogP) is 2.35. The van der Waals surface area contributed by atoms with Gasteiger partial charge in [-0.25, -0.2) is 22.7 Å². The lowest BCUT2D eigenvalue weighted by atomic mass is 9.93. The number of halogens is 1. The van der Waals surface area contributed by atoms with Gasteiger partial charge in [-0.05, 0) is 41.5 Å². The highest BCUT2D eigenvalue weighted by molar-refractivity contribution is 7.89. The van der Waals surface area contributed by atoms with Crippen LogP contribution in [-0.4, -0.2) is 21.5 Å². The van der Waals surface area contributed by atoms with E-state index >= 15 is 0 Å². The highest BCUT2D eigenvalue weighted by atomic mass is 32.2. The highest BCUT2D eigenvalue weighted by Crippen LogP contribution is 2.33. The van der Waals surface area contributed by atoms with E-state index < -0.39 is 21.8 Å². The number of primary sulfonamides is 1. The number of hydrogen-bond acceptors (Lipinski definition) is 5. The lowest BCUT2D eigenvalue weighted by molar-refractivity contribution is -0.132. The molecule has 134 valence electrons. The van der Waals surface area contributed by atoms with Crippen LogP contribution in [0.5, 0.6) is 5.75 Å². The maximum Gasteiger partial charge on any atom is 0.343 e. The van der Waals surface area contributed by atoms with Gasteiger partial charge in [0.25, 0.3) is 0 Å². The van der Waals surface area contributed by atoms with Gasteiger partial charge in [0, 0.05) is 5.57 Å².